The first kappa shape index (κ1) is 38.0. The van der Waals surface area contributed by atoms with Gasteiger partial charge in [0.05, 0.1) is 41.9 Å². The Bertz CT molecular complexity index is 2220. The molecule has 0 saturated carbocycles. The lowest BCUT2D eigenvalue weighted by Gasteiger charge is -2.15. The average Bonchev–Trinajstić information content (AvgIpc) is 3.76. The number of hydrogen-bond acceptors (Lipinski definition) is 9. The molecule has 53 heavy (non-hydrogen) atoms. The van der Waals surface area contributed by atoms with E-state index in [2.05, 4.69) is 21.0 Å². The number of nitrogens with zero attached hydrogens (tertiary/aromatic N) is 5. The predicted molar refractivity (Wildman–Crippen MR) is 205 cm³/mol. The van der Waals surface area contributed by atoms with Crippen molar-refractivity contribution in [3.63, 3.8) is 0 Å². The third-order valence-corrected chi connectivity index (χ3v) is 10.1. The summed E-state index contributed by atoms with van der Waals surface area (Å²) in [7, 11) is 6.49. The van der Waals surface area contributed by atoms with Crippen molar-refractivity contribution in [1.82, 2.24) is 40.0 Å². The van der Waals surface area contributed by atoms with Crippen molar-refractivity contribution in [3.05, 3.63) is 92.6 Å². The van der Waals surface area contributed by atoms with Crippen LogP contribution in [0.5, 0.6) is 5.88 Å². The molecule has 6 rings (SSSR count). The lowest BCUT2D eigenvalue weighted by molar-refractivity contribution is -0.130. The molecule has 4 heterocycles. The molecule has 278 valence electrons. The number of aliphatic hydroxyl groups excluding tert-OH is 1. The number of carbonyl (C=O) groups excluding carboxylic acids is 2. The van der Waals surface area contributed by atoms with Crippen molar-refractivity contribution >= 4 is 40.5 Å². The largest absolute Gasteiger partial charge is 0.481 e. The zero-order valence-electron chi connectivity index (χ0n) is 30.0. The summed E-state index contributed by atoms with van der Waals surface area (Å²) in [5.74, 6) is 0.832. The molecule has 15 heteroatoms. The second-order valence-corrected chi connectivity index (χ2v) is 14.0. The molecule has 1 aliphatic rings. The molecule has 13 nitrogen and oxygen atoms in total. The molecule has 0 aliphatic carbocycles. The Morgan fingerprint density at radius 2 is 1.74 bits per heavy atom. The van der Waals surface area contributed by atoms with Gasteiger partial charge >= 0.3 is 0 Å². The first-order valence-corrected chi connectivity index (χ1v) is 18.0. The highest BCUT2D eigenvalue weighted by atomic mass is 35.5. The van der Waals surface area contributed by atoms with Crippen LogP contribution < -0.4 is 26.2 Å². The van der Waals surface area contributed by atoms with Crippen molar-refractivity contribution in [3.8, 4) is 39.4 Å². The molecule has 1 saturated heterocycles. The van der Waals surface area contributed by atoms with Gasteiger partial charge in [0.2, 0.25) is 17.7 Å². The number of benzene rings is 2. The van der Waals surface area contributed by atoms with E-state index in [1.165, 1.54) is 14.0 Å². The normalized spacial score (nSPS) is 14.8. The molecule has 0 unspecified atom stereocenters. The van der Waals surface area contributed by atoms with E-state index in [1.807, 2.05) is 48.5 Å². The van der Waals surface area contributed by atoms with Crippen LogP contribution in [0.4, 0.5) is 0 Å². The van der Waals surface area contributed by atoms with Gasteiger partial charge in [-0.3, -0.25) is 19.0 Å². The van der Waals surface area contributed by atoms with Crippen LogP contribution >= 0.6 is 23.2 Å². The molecule has 4 N–H and O–H groups in total. The van der Waals surface area contributed by atoms with Crippen LogP contribution in [0.15, 0.2) is 65.6 Å². The summed E-state index contributed by atoms with van der Waals surface area (Å²) in [6, 6.07) is 17.1. The van der Waals surface area contributed by atoms with Gasteiger partial charge in [0.1, 0.15) is 11.3 Å². The van der Waals surface area contributed by atoms with Crippen LogP contribution in [0.25, 0.3) is 39.0 Å². The Labute approximate surface area is 316 Å². The molecular weight excluding hydrogens is 719 g/mol. The molecule has 2 amide bonds. The third-order valence-electron chi connectivity index (χ3n) is 9.30. The van der Waals surface area contributed by atoms with E-state index >= 15 is 0 Å². The van der Waals surface area contributed by atoms with E-state index < -0.39 is 6.10 Å². The van der Waals surface area contributed by atoms with Crippen LogP contribution in [0, 0.1) is 0 Å². The Morgan fingerprint density at radius 1 is 1.04 bits per heavy atom. The van der Waals surface area contributed by atoms with Gasteiger partial charge in [0, 0.05) is 92.8 Å². The number of pyridine rings is 1. The van der Waals surface area contributed by atoms with E-state index in [-0.39, 0.29) is 42.9 Å². The zero-order valence-corrected chi connectivity index (χ0v) is 31.5. The maximum absolute atomic E-state index is 13.4. The number of halogens is 2. The second kappa shape index (κ2) is 16.5. The lowest BCUT2D eigenvalue weighted by Crippen LogP contribution is -2.35. The number of methoxy groups -OCH3 is 1. The first-order valence-electron chi connectivity index (χ1n) is 17.2. The van der Waals surface area contributed by atoms with E-state index in [1.54, 1.807) is 40.5 Å². The fourth-order valence-corrected chi connectivity index (χ4v) is 6.99. The highest BCUT2D eigenvalue weighted by Crippen LogP contribution is 2.42. The first-order chi connectivity index (χ1) is 25.4. The van der Waals surface area contributed by atoms with Crippen LogP contribution in [-0.2, 0) is 29.7 Å². The number of rotatable bonds is 14. The molecule has 1 fully saturated rings. The summed E-state index contributed by atoms with van der Waals surface area (Å²) < 4.78 is 8.62. The molecule has 5 aromatic rings. The minimum Gasteiger partial charge on any atom is -0.481 e. The standard InChI is InChI=1S/C38H42Cl2N8O5/c1-46(2)34(51)16-25(49)19-42-20-32-45-48-21-23(15-31(48)38(52)47(32)3)26-7-5-8-27(35(26)39)28-9-6-10-29(36(28)40)30-13-11-22(37(44-30)53-4)17-41-18-24-12-14-33(50)43-24/h5-11,13,15,21,24-25,41-42,49H,12,14,16-20H2,1-4H3,(H,43,50)/t24-,25-/m1/s1. The smallest absolute Gasteiger partial charge is 0.277 e. The number of carbonyl (C=O) groups is 2. The summed E-state index contributed by atoms with van der Waals surface area (Å²) in [4.78, 5) is 43.0. The quantitative estimate of drug-likeness (QED) is 0.131. The maximum atomic E-state index is 13.4. The summed E-state index contributed by atoms with van der Waals surface area (Å²) in [5, 5.41) is 25.2. The van der Waals surface area contributed by atoms with Crippen molar-refractivity contribution in [1.29, 1.82) is 0 Å². The van der Waals surface area contributed by atoms with Crippen molar-refractivity contribution < 1.29 is 19.4 Å². The number of amides is 2. The van der Waals surface area contributed by atoms with Gasteiger partial charge in [-0.05, 0) is 18.6 Å². The Morgan fingerprint density at radius 3 is 2.42 bits per heavy atom. The van der Waals surface area contributed by atoms with Crippen LogP contribution in [0.3, 0.4) is 0 Å². The number of ether oxygens (including phenoxy) is 1. The van der Waals surface area contributed by atoms with Gasteiger partial charge < -0.3 is 30.7 Å². The Kier molecular flexibility index (Phi) is 11.8. The summed E-state index contributed by atoms with van der Waals surface area (Å²) in [5.41, 5.74) is 5.14. The van der Waals surface area contributed by atoms with Crippen LogP contribution in [0.1, 0.15) is 30.7 Å². The van der Waals surface area contributed by atoms with E-state index in [4.69, 9.17) is 32.9 Å². The van der Waals surface area contributed by atoms with E-state index in [0.717, 1.165) is 12.0 Å². The van der Waals surface area contributed by atoms with Gasteiger partial charge in [0.15, 0.2) is 0 Å². The molecule has 0 bridgehead atoms. The van der Waals surface area contributed by atoms with Crippen molar-refractivity contribution in [2.45, 2.75) is 44.5 Å². The molecule has 0 spiro atoms. The fraction of sp³-hybridized carbons (Fsp3) is 0.342. The maximum Gasteiger partial charge on any atom is 0.277 e. The van der Waals surface area contributed by atoms with Crippen LogP contribution in [0.2, 0.25) is 10.0 Å². The SMILES string of the molecule is COc1nc(-c2cccc(-c3cccc(-c4cc5c(=O)n(C)c(CNC[C@H](O)CC(=O)N(C)C)nn5c4)c3Cl)c2Cl)ccc1CNC[C@H]1CCC(=O)N1. The monoisotopic (exact) mass is 760 g/mol. The topological polar surface area (TPSA) is 155 Å². The number of fused-ring (bicyclic) bond motifs is 1. The highest BCUT2D eigenvalue weighted by molar-refractivity contribution is 6.39. The summed E-state index contributed by atoms with van der Waals surface area (Å²) in [6.07, 6.45) is 2.24. The molecule has 1 aliphatic heterocycles. The number of aromatic nitrogens is 4. The van der Waals surface area contributed by atoms with E-state index in [0.29, 0.717) is 80.3 Å². The predicted octanol–water partition coefficient (Wildman–Crippen LogP) is 4.04. The van der Waals surface area contributed by atoms with Gasteiger partial charge in [-0.1, -0.05) is 65.7 Å². The van der Waals surface area contributed by atoms with Crippen molar-refractivity contribution in [2.75, 3.05) is 34.3 Å². The van der Waals surface area contributed by atoms with Gasteiger partial charge in [-0.15, -0.1) is 0 Å². The Balaban J connectivity index is 1.22. The third kappa shape index (κ3) is 8.40. The molecule has 2 atom stereocenters. The van der Waals surface area contributed by atoms with E-state index in [9.17, 15) is 19.5 Å². The summed E-state index contributed by atoms with van der Waals surface area (Å²) in [6.45, 7) is 1.55. The van der Waals surface area contributed by atoms with Crippen molar-refractivity contribution in [2.24, 2.45) is 7.05 Å². The van der Waals surface area contributed by atoms with Gasteiger partial charge in [-0.25, -0.2) is 9.50 Å². The van der Waals surface area contributed by atoms with Gasteiger partial charge in [0.25, 0.3) is 5.56 Å². The van der Waals surface area contributed by atoms with Gasteiger partial charge in [-0.2, -0.15) is 5.10 Å². The number of hydrogen-bond donors (Lipinski definition) is 4. The molecule has 3 aromatic heterocycles. The highest BCUT2D eigenvalue weighted by Gasteiger charge is 2.22. The Hall–Kier alpha value is -4.79. The minimum atomic E-state index is -0.876. The summed E-state index contributed by atoms with van der Waals surface area (Å²) >= 11 is 14.2. The molecule has 2 aromatic carbocycles. The number of aliphatic hydroxyl groups is 1. The van der Waals surface area contributed by atoms with Crippen LogP contribution in [-0.4, -0.2) is 87.4 Å². The molecule has 0 radical (unpaired) electrons. The lowest BCUT2D eigenvalue weighted by atomic mass is 9.97. The number of nitrogens with one attached hydrogen (secondary N) is 3. The molecular formula is C38H42Cl2N8O5. The minimum absolute atomic E-state index is 0.0108. The second-order valence-electron chi connectivity index (χ2n) is 13.2. The zero-order chi connectivity index (χ0) is 37.8. The fourth-order valence-electron chi connectivity index (χ4n) is 6.33. The average molecular weight is 762 g/mol.